The molecule has 28 heavy (non-hydrogen) atoms. The van der Waals surface area contributed by atoms with Crippen LogP contribution in [0.2, 0.25) is 0 Å². The second-order valence-corrected chi connectivity index (χ2v) is 6.60. The Morgan fingerprint density at radius 1 is 0.964 bits per heavy atom. The van der Waals surface area contributed by atoms with Gasteiger partial charge in [-0.15, -0.1) is 0 Å². The molecule has 0 bridgehead atoms. The second kappa shape index (κ2) is 7.19. The highest BCUT2D eigenvalue weighted by Gasteiger charge is 2.20. The van der Waals surface area contributed by atoms with E-state index in [9.17, 15) is 9.59 Å². The van der Waals surface area contributed by atoms with E-state index in [1.54, 1.807) is 18.2 Å². The van der Waals surface area contributed by atoms with Crippen LogP contribution in [-0.4, -0.2) is 22.9 Å². The van der Waals surface area contributed by atoms with Gasteiger partial charge in [0.15, 0.2) is 12.4 Å². The van der Waals surface area contributed by atoms with Crippen molar-refractivity contribution in [3.63, 3.8) is 0 Å². The molecule has 0 aliphatic carbocycles. The average Bonchev–Trinajstić information content (AvgIpc) is 3.27. The molecule has 2 aromatic carbocycles. The first-order chi connectivity index (χ1) is 13.5. The standard InChI is InChI=1S/C23H19NO4/c1-15-12-19(16(2)24(15)18-9-4-3-5-10-18)23(26)27-14-20(25)22-13-17-8-6-7-11-21(17)28-22/h3-13H,14H2,1-2H3. The summed E-state index contributed by atoms with van der Waals surface area (Å²) in [6, 6.07) is 20.6. The predicted molar refractivity (Wildman–Crippen MR) is 106 cm³/mol. The maximum absolute atomic E-state index is 12.6. The van der Waals surface area contributed by atoms with E-state index in [1.165, 1.54) is 0 Å². The molecule has 0 radical (unpaired) electrons. The zero-order valence-corrected chi connectivity index (χ0v) is 15.6. The highest BCUT2D eigenvalue weighted by atomic mass is 16.5. The van der Waals surface area contributed by atoms with E-state index < -0.39 is 5.97 Å². The fraction of sp³-hybridized carbons (Fsp3) is 0.130. The lowest BCUT2D eigenvalue weighted by Gasteiger charge is -2.09. The third kappa shape index (κ3) is 3.22. The lowest BCUT2D eigenvalue weighted by molar-refractivity contribution is 0.0467. The van der Waals surface area contributed by atoms with Gasteiger partial charge in [-0.1, -0.05) is 36.4 Å². The number of aryl methyl sites for hydroxylation is 1. The number of hydrogen-bond donors (Lipinski definition) is 0. The number of furan rings is 1. The number of esters is 1. The fourth-order valence-electron chi connectivity index (χ4n) is 3.34. The summed E-state index contributed by atoms with van der Waals surface area (Å²) in [4.78, 5) is 24.9. The lowest BCUT2D eigenvalue weighted by Crippen LogP contribution is -2.14. The minimum atomic E-state index is -0.528. The Hall–Kier alpha value is -3.60. The molecule has 0 amide bonds. The molecule has 2 aromatic heterocycles. The summed E-state index contributed by atoms with van der Waals surface area (Å²) >= 11 is 0. The Morgan fingerprint density at radius 2 is 1.68 bits per heavy atom. The van der Waals surface area contributed by atoms with Gasteiger partial charge in [0.2, 0.25) is 5.78 Å². The van der Waals surface area contributed by atoms with Crippen molar-refractivity contribution in [1.82, 2.24) is 4.57 Å². The number of carbonyl (C=O) groups excluding carboxylic acids is 2. The molecule has 140 valence electrons. The van der Waals surface area contributed by atoms with E-state index in [2.05, 4.69) is 0 Å². The van der Waals surface area contributed by atoms with Crippen molar-refractivity contribution in [2.75, 3.05) is 6.61 Å². The largest absolute Gasteiger partial charge is 0.454 e. The number of benzene rings is 2. The van der Waals surface area contributed by atoms with Gasteiger partial charge in [0.1, 0.15) is 5.58 Å². The number of fused-ring (bicyclic) bond motifs is 1. The average molecular weight is 373 g/mol. The number of Topliss-reactive ketones (excluding diaryl/α,β-unsaturated/α-hetero) is 1. The summed E-state index contributed by atoms with van der Waals surface area (Å²) in [7, 11) is 0. The van der Waals surface area contributed by atoms with Gasteiger partial charge in [0.25, 0.3) is 0 Å². The van der Waals surface area contributed by atoms with Gasteiger partial charge in [0, 0.05) is 22.5 Å². The first-order valence-electron chi connectivity index (χ1n) is 8.98. The number of para-hydroxylation sites is 2. The van der Waals surface area contributed by atoms with Crippen LogP contribution in [0.3, 0.4) is 0 Å². The third-order valence-electron chi connectivity index (χ3n) is 4.70. The minimum absolute atomic E-state index is 0.184. The van der Waals surface area contributed by atoms with Crippen LogP contribution in [0.1, 0.15) is 32.3 Å². The zero-order valence-electron chi connectivity index (χ0n) is 15.6. The minimum Gasteiger partial charge on any atom is -0.454 e. The van der Waals surface area contributed by atoms with Crippen LogP contribution >= 0.6 is 0 Å². The summed E-state index contributed by atoms with van der Waals surface area (Å²) < 4.78 is 12.8. The van der Waals surface area contributed by atoms with Crippen LogP contribution in [-0.2, 0) is 4.74 Å². The Morgan fingerprint density at radius 3 is 2.43 bits per heavy atom. The molecule has 0 saturated heterocycles. The van der Waals surface area contributed by atoms with E-state index in [-0.39, 0.29) is 18.2 Å². The van der Waals surface area contributed by atoms with Crippen LogP contribution in [0.15, 0.2) is 71.1 Å². The molecule has 0 aliphatic rings. The number of ketones is 1. The number of aromatic nitrogens is 1. The highest BCUT2D eigenvalue weighted by Crippen LogP contribution is 2.22. The molecule has 4 aromatic rings. The van der Waals surface area contributed by atoms with Crippen molar-refractivity contribution >= 4 is 22.7 Å². The molecule has 0 atom stereocenters. The maximum atomic E-state index is 12.6. The van der Waals surface area contributed by atoms with Crippen molar-refractivity contribution in [3.05, 3.63) is 89.4 Å². The summed E-state index contributed by atoms with van der Waals surface area (Å²) in [5.41, 5.74) is 3.72. The Bertz CT molecular complexity index is 1140. The summed E-state index contributed by atoms with van der Waals surface area (Å²) in [5.74, 6) is -0.718. The van der Waals surface area contributed by atoms with E-state index in [4.69, 9.17) is 9.15 Å². The molecule has 4 rings (SSSR count). The van der Waals surface area contributed by atoms with E-state index in [0.717, 1.165) is 22.5 Å². The number of carbonyl (C=O) groups is 2. The summed E-state index contributed by atoms with van der Waals surface area (Å²) in [6.07, 6.45) is 0. The van der Waals surface area contributed by atoms with Crippen LogP contribution in [0.25, 0.3) is 16.7 Å². The molecule has 5 heteroatoms. The van der Waals surface area contributed by atoms with Gasteiger partial charge >= 0.3 is 5.97 Å². The number of rotatable bonds is 5. The van der Waals surface area contributed by atoms with Crippen LogP contribution in [0.4, 0.5) is 0 Å². The number of hydrogen-bond acceptors (Lipinski definition) is 4. The van der Waals surface area contributed by atoms with E-state index in [0.29, 0.717) is 11.1 Å². The van der Waals surface area contributed by atoms with E-state index in [1.807, 2.05) is 66.9 Å². The van der Waals surface area contributed by atoms with Gasteiger partial charge in [0.05, 0.1) is 5.56 Å². The SMILES string of the molecule is Cc1cc(C(=O)OCC(=O)c2cc3ccccc3o2)c(C)n1-c1ccccc1. The van der Waals surface area contributed by atoms with E-state index >= 15 is 0 Å². The normalized spacial score (nSPS) is 10.9. The molecule has 0 N–H and O–H groups in total. The monoisotopic (exact) mass is 373 g/mol. The smallest absolute Gasteiger partial charge is 0.340 e. The molecule has 2 heterocycles. The quantitative estimate of drug-likeness (QED) is 0.369. The van der Waals surface area contributed by atoms with Crippen molar-refractivity contribution in [3.8, 4) is 5.69 Å². The highest BCUT2D eigenvalue weighted by molar-refractivity contribution is 6.00. The second-order valence-electron chi connectivity index (χ2n) is 6.60. The molecule has 0 saturated carbocycles. The van der Waals surface area contributed by atoms with Gasteiger partial charge in [-0.3, -0.25) is 4.79 Å². The van der Waals surface area contributed by atoms with Gasteiger partial charge in [-0.05, 0) is 44.2 Å². The molecule has 5 nitrogen and oxygen atoms in total. The van der Waals surface area contributed by atoms with Gasteiger partial charge in [-0.2, -0.15) is 0 Å². The zero-order chi connectivity index (χ0) is 19.7. The van der Waals surface area contributed by atoms with Crippen LogP contribution < -0.4 is 0 Å². The Balaban J connectivity index is 1.50. The Kier molecular flexibility index (Phi) is 4.57. The maximum Gasteiger partial charge on any atom is 0.340 e. The van der Waals surface area contributed by atoms with Crippen molar-refractivity contribution < 1.29 is 18.7 Å². The first kappa shape index (κ1) is 17.8. The third-order valence-corrected chi connectivity index (χ3v) is 4.70. The van der Waals surface area contributed by atoms with Crippen LogP contribution in [0, 0.1) is 13.8 Å². The predicted octanol–water partition coefficient (Wildman–Crippen LogP) is 4.88. The lowest BCUT2D eigenvalue weighted by atomic mass is 10.2. The van der Waals surface area contributed by atoms with Crippen molar-refractivity contribution in [2.24, 2.45) is 0 Å². The van der Waals surface area contributed by atoms with Gasteiger partial charge < -0.3 is 13.7 Å². The molecular formula is C23H19NO4. The Labute approximate surface area is 162 Å². The van der Waals surface area contributed by atoms with Crippen LogP contribution in [0.5, 0.6) is 0 Å². The van der Waals surface area contributed by atoms with Crippen molar-refractivity contribution in [1.29, 1.82) is 0 Å². The number of nitrogens with zero attached hydrogens (tertiary/aromatic N) is 1. The van der Waals surface area contributed by atoms with Crippen molar-refractivity contribution in [2.45, 2.75) is 13.8 Å². The van der Waals surface area contributed by atoms with Gasteiger partial charge in [-0.25, -0.2) is 4.79 Å². The summed E-state index contributed by atoms with van der Waals surface area (Å²) in [6.45, 7) is 3.42. The number of ether oxygens (including phenoxy) is 1. The molecule has 0 spiro atoms. The molecule has 0 fully saturated rings. The molecular weight excluding hydrogens is 354 g/mol. The first-order valence-corrected chi connectivity index (χ1v) is 8.98. The molecule has 0 unspecified atom stereocenters. The summed E-state index contributed by atoms with van der Waals surface area (Å²) in [5, 5.41) is 0.837. The molecule has 0 aliphatic heterocycles. The fourth-order valence-corrected chi connectivity index (χ4v) is 3.34. The topological polar surface area (TPSA) is 61.4 Å².